The van der Waals surface area contributed by atoms with Crippen LogP contribution >= 0.6 is 24.0 Å². The third kappa shape index (κ3) is 9.25. The molecule has 9 heteroatoms. The van der Waals surface area contributed by atoms with Gasteiger partial charge < -0.3 is 29.7 Å². The smallest absolute Gasteiger partial charge is 0.407 e. The molecule has 8 nitrogen and oxygen atoms in total. The number of carbonyl (C=O) groups is 1. The van der Waals surface area contributed by atoms with E-state index < -0.39 is 0 Å². The van der Waals surface area contributed by atoms with Gasteiger partial charge in [-0.05, 0) is 39.0 Å². The molecule has 2 rings (SSSR count). The van der Waals surface area contributed by atoms with Crippen LogP contribution in [0.25, 0.3) is 0 Å². The number of hydrogen-bond donors (Lipinski definition) is 2. The van der Waals surface area contributed by atoms with Gasteiger partial charge in [0.25, 0.3) is 0 Å². The van der Waals surface area contributed by atoms with Gasteiger partial charge in [0.2, 0.25) is 0 Å². The highest BCUT2D eigenvalue weighted by Gasteiger charge is 2.32. The maximum absolute atomic E-state index is 11.9. The van der Waals surface area contributed by atoms with Crippen molar-refractivity contribution in [1.29, 1.82) is 0 Å². The van der Waals surface area contributed by atoms with Gasteiger partial charge in [0.15, 0.2) is 5.96 Å². The van der Waals surface area contributed by atoms with E-state index in [0.29, 0.717) is 25.7 Å². The Kier molecular flexibility index (Phi) is 12.9. The molecule has 2 heterocycles. The van der Waals surface area contributed by atoms with Gasteiger partial charge in [-0.1, -0.05) is 13.8 Å². The lowest BCUT2D eigenvalue weighted by atomic mass is 10.0. The molecule has 2 fully saturated rings. The fourth-order valence-corrected chi connectivity index (χ4v) is 3.70. The molecule has 170 valence electrons. The van der Waals surface area contributed by atoms with E-state index in [1.165, 1.54) is 0 Å². The lowest BCUT2D eigenvalue weighted by Crippen LogP contribution is -2.53. The van der Waals surface area contributed by atoms with Gasteiger partial charge in [-0.3, -0.25) is 4.99 Å². The number of rotatable bonds is 8. The second-order valence-electron chi connectivity index (χ2n) is 7.79. The first-order valence-corrected chi connectivity index (χ1v) is 10.7. The number of aliphatic imine (C=N–C) groups is 1. The van der Waals surface area contributed by atoms with Crippen molar-refractivity contribution in [1.82, 2.24) is 15.5 Å². The molecule has 29 heavy (non-hydrogen) atoms. The minimum absolute atomic E-state index is 0. The molecule has 1 amide bonds. The zero-order chi connectivity index (χ0) is 20.4. The van der Waals surface area contributed by atoms with Crippen molar-refractivity contribution in [2.24, 2.45) is 10.9 Å². The van der Waals surface area contributed by atoms with Crippen LogP contribution in [0.5, 0.6) is 0 Å². The van der Waals surface area contributed by atoms with Crippen LogP contribution in [-0.2, 0) is 14.2 Å². The maximum Gasteiger partial charge on any atom is 0.407 e. The van der Waals surface area contributed by atoms with Crippen LogP contribution in [-0.4, -0.2) is 81.2 Å². The van der Waals surface area contributed by atoms with Crippen LogP contribution in [0.2, 0.25) is 0 Å². The Labute approximate surface area is 192 Å². The molecular weight excluding hydrogens is 487 g/mol. The minimum Gasteiger partial charge on any atom is -0.450 e. The van der Waals surface area contributed by atoms with Gasteiger partial charge in [-0.25, -0.2) is 4.79 Å². The van der Waals surface area contributed by atoms with E-state index in [4.69, 9.17) is 19.2 Å². The van der Waals surface area contributed by atoms with Crippen molar-refractivity contribution in [3.8, 4) is 0 Å². The van der Waals surface area contributed by atoms with Crippen LogP contribution in [0.15, 0.2) is 4.99 Å². The fraction of sp³-hybridized carbons (Fsp3) is 0.900. The summed E-state index contributed by atoms with van der Waals surface area (Å²) in [5.74, 6) is 1.32. The molecule has 0 spiro atoms. The SMILES string of the molecule is CCNC(=NCC(CC(C)C)NC(=O)OCC)N1CCOC(C2CCCO2)C1.I. The molecule has 2 N–H and O–H groups in total. The normalized spacial score (nSPS) is 23.5. The first kappa shape index (κ1) is 26.2. The number of ether oxygens (including phenoxy) is 3. The second kappa shape index (κ2) is 14.2. The van der Waals surface area contributed by atoms with E-state index >= 15 is 0 Å². The number of nitrogens with zero attached hydrogens (tertiary/aromatic N) is 2. The van der Waals surface area contributed by atoms with Crippen molar-refractivity contribution < 1.29 is 19.0 Å². The Bertz CT molecular complexity index is 501. The van der Waals surface area contributed by atoms with Crippen molar-refractivity contribution in [3.05, 3.63) is 0 Å². The number of morpholine rings is 1. The van der Waals surface area contributed by atoms with Crippen molar-refractivity contribution in [3.63, 3.8) is 0 Å². The molecule has 0 saturated carbocycles. The molecule has 0 aromatic heterocycles. The van der Waals surface area contributed by atoms with E-state index in [0.717, 1.165) is 51.5 Å². The summed E-state index contributed by atoms with van der Waals surface area (Å²) in [5, 5.41) is 6.33. The molecule has 3 unspecified atom stereocenters. The summed E-state index contributed by atoms with van der Waals surface area (Å²) in [6, 6.07) is -0.0530. The van der Waals surface area contributed by atoms with Gasteiger partial charge in [-0.2, -0.15) is 0 Å². The van der Waals surface area contributed by atoms with Crippen molar-refractivity contribution >= 4 is 36.0 Å². The number of amides is 1. The lowest BCUT2D eigenvalue weighted by Gasteiger charge is -2.37. The molecule has 2 aliphatic heterocycles. The van der Waals surface area contributed by atoms with Gasteiger partial charge in [0.1, 0.15) is 6.10 Å². The summed E-state index contributed by atoms with van der Waals surface area (Å²) < 4.78 is 16.8. The molecule has 0 aliphatic carbocycles. The summed E-state index contributed by atoms with van der Waals surface area (Å²) in [7, 11) is 0. The van der Waals surface area contributed by atoms with Crippen LogP contribution in [0.3, 0.4) is 0 Å². The molecular formula is C20H39IN4O4. The third-order valence-electron chi connectivity index (χ3n) is 4.92. The number of hydrogen-bond acceptors (Lipinski definition) is 5. The van der Waals surface area contributed by atoms with Gasteiger partial charge in [0.05, 0.1) is 31.9 Å². The molecule has 2 saturated heterocycles. The molecule has 0 aromatic carbocycles. The summed E-state index contributed by atoms with van der Waals surface area (Å²) in [4.78, 5) is 18.9. The predicted octanol–water partition coefficient (Wildman–Crippen LogP) is 2.61. The molecule has 0 radical (unpaired) electrons. The van der Waals surface area contributed by atoms with Crippen molar-refractivity contribution in [2.75, 3.05) is 46.0 Å². The molecule has 0 aromatic rings. The van der Waals surface area contributed by atoms with Crippen molar-refractivity contribution in [2.45, 2.75) is 65.2 Å². The number of alkyl carbamates (subject to hydrolysis) is 1. The molecule has 3 atom stereocenters. The van der Waals surface area contributed by atoms with Gasteiger partial charge in [-0.15, -0.1) is 24.0 Å². The number of guanidine groups is 1. The van der Waals surface area contributed by atoms with Crippen LogP contribution < -0.4 is 10.6 Å². The molecule has 2 aliphatic rings. The Morgan fingerprint density at radius 3 is 2.62 bits per heavy atom. The first-order chi connectivity index (χ1) is 13.5. The Balaban J connectivity index is 0.00000420. The molecule has 0 bridgehead atoms. The van der Waals surface area contributed by atoms with E-state index in [1.54, 1.807) is 6.92 Å². The largest absolute Gasteiger partial charge is 0.450 e. The van der Waals surface area contributed by atoms with Crippen LogP contribution in [0.1, 0.15) is 47.0 Å². The zero-order valence-electron chi connectivity index (χ0n) is 18.3. The van der Waals surface area contributed by atoms with Crippen LogP contribution in [0.4, 0.5) is 4.79 Å². The quantitative estimate of drug-likeness (QED) is 0.288. The van der Waals surface area contributed by atoms with E-state index in [9.17, 15) is 4.79 Å². The van der Waals surface area contributed by atoms with E-state index in [2.05, 4.69) is 36.3 Å². The standard InChI is InChI=1S/C20H38N4O4.HI/c1-5-21-19(22-13-16(12-15(3)4)23-20(25)26-6-2)24-9-11-28-18(14-24)17-8-7-10-27-17;/h15-18H,5-14H2,1-4H3,(H,21,22)(H,23,25);1H. The Morgan fingerprint density at radius 2 is 2.00 bits per heavy atom. The highest BCUT2D eigenvalue weighted by Crippen LogP contribution is 2.21. The summed E-state index contributed by atoms with van der Waals surface area (Å²) >= 11 is 0. The average Bonchev–Trinajstić information content (AvgIpc) is 3.19. The van der Waals surface area contributed by atoms with E-state index in [-0.39, 0.29) is 48.3 Å². The number of nitrogens with one attached hydrogen (secondary N) is 2. The minimum atomic E-state index is -0.377. The van der Waals surface area contributed by atoms with Gasteiger partial charge >= 0.3 is 6.09 Å². The summed E-state index contributed by atoms with van der Waals surface area (Å²) in [6.07, 6.45) is 2.91. The first-order valence-electron chi connectivity index (χ1n) is 10.7. The van der Waals surface area contributed by atoms with Gasteiger partial charge in [0, 0.05) is 26.2 Å². The highest BCUT2D eigenvalue weighted by molar-refractivity contribution is 14.0. The van der Waals surface area contributed by atoms with E-state index in [1.807, 2.05) is 0 Å². The monoisotopic (exact) mass is 526 g/mol. The Morgan fingerprint density at radius 1 is 1.24 bits per heavy atom. The number of halogens is 1. The maximum atomic E-state index is 11.9. The zero-order valence-corrected chi connectivity index (χ0v) is 20.6. The third-order valence-corrected chi connectivity index (χ3v) is 4.92. The summed E-state index contributed by atoms with van der Waals surface area (Å²) in [6.45, 7) is 12.9. The Hall–Kier alpha value is -0.810. The van der Waals surface area contributed by atoms with Crippen LogP contribution in [0, 0.1) is 5.92 Å². The number of carbonyl (C=O) groups excluding carboxylic acids is 1. The fourth-order valence-electron chi connectivity index (χ4n) is 3.70. The average molecular weight is 526 g/mol. The lowest BCUT2D eigenvalue weighted by molar-refractivity contribution is -0.0817. The topological polar surface area (TPSA) is 84.4 Å². The second-order valence-corrected chi connectivity index (χ2v) is 7.79. The predicted molar refractivity (Wildman–Crippen MR) is 125 cm³/mol. The summed E-state index contributed by atoms with van der Waals surface area (Å²) in [5.41, 5.74) is 0. The highest BCUT2D eigenvalue weighted by atomic mass is 127.